The summed E-state index contributed by atoms with van der Waals surface area (Å²) in [6, 6.07) is 7.94. The summed E-state index contributed by atoms with van der Waals surface area (Å²) >= 11 is 0. The van der Waals surface area contributed by atoms with E-state index in [0.29, 0.717) is 42.9 Å². The molecule has 1 aromatic heterocycles. The minimum Gasteiger partial charge on any atom is -0.494 e. The molecule has 5 nitrogen and oxygen atoms in total. The van der Waals surface area contributed by atoms with E-state index >= 15 is 0 Å². The third-order valence-corrected chi connectivity index (χ3v) is 5.59. The van der Waals surface area contributed by atoms with Crippen LogP contribution in [0.25, 0.3) is 0 Å². The number of fused-ring (bicyclic) bond motifs is 1. The number of H-pyrrole nitrogens is 1. The van der Waals surface area contributed by atoms with E-state index in [0.717, 1.165) is 42.7 Å². The lowest BCUT2D eigenvalue weighted by Crippen LogP contribution is -2.18. The van der Waals surface area contributed by atoms with Crippen molar-refractivity contribution in [3.8, 4) is 5.75 Å². The highest BCUT2D eigenvalue weighted by Gasteiger charge is 2.32. The SMILES string of the molecule is CCCCCCOC(=O)c1[nH]c2c(c1C)C(=O)C[C@H](c1ccc(OCC)cc1)C2. The Morgan fingerprint density at radius 1 is 1.10 bits per heavy atom. The highest BCUT2D eigenvalue weighted by molar-refractivity contribution is 6.03. The van der Waals surface area contributed by atoms with Gasteiger partial charge in [0.05, 0.1) is 13.2 Å². The van der Waals surface area contributed by atoms with E-state index in [4.69, 9.17) is 9.47 Å². The number of hydrogen-bond donors (Lipinski definition) is 1. The van der Waals surface area contributed by atoms with E-state index in [-0.39, 0.29) is 17.7 Å². The molecule has 0 unspecified atom stereocenters. The van der Waals surface area contributed by atoms with Gasteiger partial charge in [0.1, 0.15) is 11.4 Å². The summed E-state index contributed by atoms with van der Waals surface area (Å²) < 4.78 is 10.9. The van der Waals surface area contributed by atoms with Crippen LogP contribution in [0.5, 0.6) is 5.75 Å². The van der Waals surface area contributed by atoms with Crippen molar-refractivity contribution in [2.24, 2.45) is 0 Å². The topological polar surface area (TPSA) is 68.4 Å². The van der Waals surface area contributed by atoms with E-state index < -0.39 is 0 Å². The van der Waals surface area contributed by atoms with Gasteiger partial charge in [0.15, 0.2) is 5.78 Å². The molecule has 3 rings (SSSR count). The Kier molecular flexibility index (Phi) is 7.13. The first-order valence-electron chi connectivity index (χ1n) is 10.7. The molecule has 1 aliphatic rings. The van der Waals surface area contributed by atoms with Crippen LogP contribution in [0.4, 0.5) is 0 Å². The van der Waals surface area contributed by atoms with Gasteiger partial charge in [-0.1, -0.05) is 38.3 Å². The van der Waals surface area contributed by atoms with Crippen LogP contribution >= 0.6 is 0 Å². The minimum absolute atomic E-state index is 0.0841. The van der Waals surface area contributed by atoms with Crippen LogP contribution < -0.4 is 4.74 Å². The molecule has 156 valence electrons. The molecule has 0 spiro atoms. The molecule has 1 atom stereocenters. The van der Waals surface area contributed by atoms with Gasteiger partial charge >= 0.3 is 5.97 Å². The lowest BCUT2D eigenvalue weighted by molar-refractivity contribution is 0.0490. The summed E-state index contributed by atoms with van der Waals surface area (Å²) in [5.74, 6) is 0.653. The van der Waals surface area contributed by atoms with Gasteiger partial charge in [-0.2, -0.15) is 0 Å². The number of benzene rings is 1. The van der Waals surface area contributed by atoms with Gasteiger partial charge < -0.3 is 14.5 Å². The van der Waals surface area contributed by atoms with E-state index in [1.807, 2.05) is 38.1 Å². The molecule has 29 heavy (non-hydrogen) atoms. The second kappa shape index (κ2) is 9.77. The van der Waals surface area contributed by atoms with Crippen LogP contribution in [-0.2, 0) is 11.2 Å². The predicted octanol–water partition coefficient (Wildman–Crippen LogP) is 5.37. The van der Waals surface area contributed by atoms with Gasteiger partial charge in [0, 0.05) is 17.7 Å². The molecule has 5 heteroatoms. The van der Waals surface area contributed by atoms with Gasteiger partial charge in [-0.05, 0) is 55.9 Å². The number of aromatic nitrogens is 1. The van der Waals surface area contributed by atoms with Crippen molar-refractivity contribution in [1.29, 1.82) is 0 Å². The molecule has 1 aliphatic carbocycles. The Bertz CT molecular complexity index is 851. The molecule has 0 amide bonds. The van der Waals surface area contributed by atoms with E-state index in [1.165, 1.54) is 0 Å². The smallest absolute Gasteiger partial charge is 0.355 e. The molecule has 1 aromatic carbocycles. The average Bonchev–Trinajstić information content (AvgIpc) is 3.05. The zero-order chi connectivity index (χ0) is 20.8. The third kappa shape index (κ3) is 4.89. The second-order valence-electron chi connectivity index (χ2n) is 7.71. The minimum atomic E-state index is -0.362. The van der Waals surface area contributed by atoms with Gasteiger partial charge in [0.25, 0.3) is 0 Å². The van der Waals surface area contributed by atoms with Crippen LogP contribution in [-0.4, -0.2) is 30.0 Å². The van der Waals surface area contributed by atoms with Crippen LogP contribution in [0.3, 0.4) is 0 Å². The lowest BCUT2D eigenvalue weighted by atomic mass is 9.81. The zero-order valence-electron chi connectivity index (χ0n) is 17.7. The maximum atomic E-state index is 12.8. The maximum Gasteiger partial charge on any atom is 0.355 e. The number of hydrogen-bond acceptors (Lipinski definition) is 4. The molecule has 0 saturated heterocycles. The standard InChI is InChI=1S/C24H31NO4/c1-4-6-7-8-13-29-24(27)23-16(3)22-20(25-23)14-18(15-21(22)26)17-9-11-19(12-10-17)28-5-2/h9-12,18,25H,4-8,13-15H2,1-3H3/t18-/m1/s1. The predicted molar refractivity (Wildman–Crippen MR) is 113 cm³/mol. The Labute approximate surface area is 172 Å². The molecule has 1 N–H and O–H groups in total. The summed E-state index contributed by atoms with van der Waals surface area (Å²) in [6.45, 7) is 6.99. The number of carbonyl (C=O) groups excluding carboxylic acids is 2. The Morgan fingerprint density at radius 2 is 1.86 bits per heavy atom. The largest absolute Gasteiger partial charge is 0.494 e. The lowest BCUT2D eigenvalue weighted by Gasteiger charge is -2.22. The van der Waals surface area contributed by atoms with Crippen LogP contribution in [0, 0.1) is 6.92 Å². The molecule has 0 aliphatic heterocycles. The molecule has 0 fully saturated rings. The fourth-order valence-corrected chi connectivity index (χ4v) is 4.04. The van der Waals surface area contributed by atoms with Crippen molar-refractivity contribution in [3.05, 3.63) is 52.3 Å². The van der Waals surface area contributed by atoms with E-state index in [2.05, 4.69) is 11.9 Å². The molecular weight excluding hydrogens is 366 g/mol. The van der Waals surface area contributed by atoms with Crippen LogP contribution in [0.2, 0.25) is 0 Å². The zero-order valence-corrected chi connectivity index (χ0v) is 17.7. The number of carbonyl (C=O) groups is 2. The Hall–Kier alpha value is -2.56. The average molecular weight is 398 g/mol. The van der Waals surface area contributed by atoms with Crippen molar-refractivity contribution in [1.82, 2.24) is 4.98 Å². The van der Waals surface area contributed by atoms with Gasteiger partial charge in [-0.15, -0.1) is 0 Å². The highest BCUT2D eigenvalue weighted by Crippen LogP contribution is 2.35. The third-order valence-electron chi connectivity index (χ3n) is 5.59. The highest BCUT2D eigenvalue weighted by atomic mass is 16.5. The van der Waals surface area contributed by atoms with Crippen molar-refractivity contribution in [3.63, 3.8) is 0 Å². The molecule has 0 radical (unpaired) electrons. The van der Waals surface area contributed by atoms with Crippen molar-refractivity contribution >= 4 is 11.8 Å². The fourth-order valence-electron chi connectivity index (χ4n) is 4.04. The van der Waals surface area contributed by atoms with Crippen LogP contribution in [0.15, 0.2) is 24.3 Å². The summed E-state index contributed by atoms with van der Waals surface area (Å²) in [4.78, 5) is 28.5. The van der Waals surface area contributed by atoms with Crippen molar-refractivity contribution in [2.75, 3.05) is 13.2 Å². The quantitative estimate of drug-likeness (QED) is 0.456. The van der Waals surface area contributed by atoms with E-state index in [1.54, 1.807) is 0 Å². The summed E-state index contributed by atoms with van der Waals surface area (Å²) in [5.41, 5.74) is 3.76. The molecule has 2 aromatic rings. The number of rotatable bonds is 9. The van der Waals surface area contributed by atoms with Crippen LogP contribution in [0.1, 0.15) is 89.5 Å². The van der Waals surface area contributed by atoms with Gasteiger partial charge in [-0.3, -0.25) is 4.79 Å². The summed E-state index contributed by atoms with van der Waals surface area (Å²) in [7, 11) is 0. The number of ether oxygens (including phenoxy) is 2. The number of Topliss-reactive ketones (excluding diaryl/α,β-unsaturated/α-hetero) is 1. The first-order chi connectivity index (χ1) is 14.0. The molecule has 1 heterocycles. The first-order valence-corrected chi connectivity index (χ1v) is 10.7. The fraction of sp³-hybridized carbons (Fsp3) is 0.500. The number of ketones is 1. The number of unbranched alkanes of at least 4 members (excludes halogenated alkanes) is 3. The normalized spacial score (nSPS) is 15.8. The Morgan fingerprint density at radius 3 is 2.55 bits per heavy atom. The summed E-state index contributed by atoms with van der Waals surface area (Å²) in [5, 5.41) is 0. The number of esters is 1. The van der Waals surface area contributed by atoms with Gasteiger partial charge in [0.2, 0.25) is 0 Å². The second-order valence-corrected chi connectivity index (χ2v) is 7.71. The number of aromatic amines is 1. The van der Waals surface area contributed by atoms with E-state index in [9.17, 15) is 9.59 Å². The molecular formula is C24H31NO4. The monoisotopic (exact) mass is 397 g/mol. The first kappa shape index (κ1) is 21.2. The van der Waals surface area contributed by atoms with Crippen molar-refractivity contribution < 1.29 is 19.1 Å². The molecule has 0 bridgehead atoms. The van der Waals surface area contributed by atoms with Crippen molar-refractivity contribution in [2.45, 2.75) is 65.2 Å². The molecule has 0 saturated carbocycles. The van der Waals surface area contributed by atoms with Gasteiger partial charge in [-0.25, -0.2) is 4.79 Å². The Balaban J connectivity index is 1.70. The number of nitrogens with one attached hydrogen (secondary N) is 1. The maximum absolute atomic E-state index is 12.8. The summed E-state index contributed by atoms with van der Waals surface area (Å²) in [6.07, 6.45) is 5.39.